The van der Waals surface area contributed by atoms with Gasteiger partial charge in [0.25, 0.3) is 0 Å². The molecule has 0 bridgehead atoms. The molecule has 5 heteroatoms. The van der Waals surface area contributed by atoms with Gasteiger partial charge in [0.1, 0.15) is 0 Å². The van der Waals surface area contributed by atoms with E-state index in [-0.39, 0.29) is 45.4 Å². The Labute approximate surface area is 103 Å². The molecule has 0 heterocycles. The molecule has 80 valence electrons. The van der Waals surface area contributed by atoms with Gasteiger partial charge in [-0.3, -0.25) is 9.59 Å². The summed E-state index contributed by atoms with van der Waals surface area (Å²) in [6.07, 6.45) is 0.523. The number of esters is 1. The predicted molar refractivity (Wildman–Crippen MR) is 55.3 cm³/mol. The Morgan fingerprint density at radius 1 is 1.29 bits per heavy atom. The summed E-state index contributed by atoms with van der Waals surface area (Å²) in [4.78, 5) is 22.3. The number of carboxylic acids is 1. The number of carbonyl (C=O) groups is 2. The quantitative estimate of drug-likeness (QED) is 0.425. The van der Waals surface area contributed by atoms with Gasteiger partial charge in [-0.05, 0) is 19.8 Å². The minimum Gasteiger partial charge on any atom is -1.00 e. The third-order valence-corrected chi connectivity index (χ3v) is 2.28. The molecule has 4 nitrogen and oxygen atoms in total. The molecule has 0 amide bonds. The van der Waals surface area contributed by atoms with Crippen LogP contribution in [0.4, 0.5) is 0 Å². The number of carboxylic acid groups (broad SMARTS) is 1. The first-order valence-corrected chi connectivity index (χ1v) is 4.45. The summed E-state index contributed by atoms with van der Waals surface area (Å²) in [6, 6.07) is 0. The van der Waals surface area contributed by atoms with E-state index in [9.17, 15) is 9.59 Å². The fraction of sp³-hybridized carbons (Fsp3) is 0.778. The van der Waals surface area contributed by atoms with Crippen molar-refractivity contribution in [3.05, 3.63) is 0 Å². The topological polar surface area (TPSA) is 63.6 Å². The van der Waals surface area contributed by atoms with Gasteiger partial charge in [-0.2, -0.15) is 0 Å². The molecule has 0 radical (unpaired) electrons. The van der Waals surface area contributed by atoms with Crippen molar-refractivity contribution < 1.29 is 22.3 Å². The monoisotopic (exact) mass is 214 g/mol. The van der Waals surface area contributed by atoms with Gasteiger partial charge in [0.15, 0.2) is 5.41 Å². The maximum absolute atomic E-state index is 11.4. The number of rotatable bonds is 5. The number of hydrogen-bond acceptors (Lipinski definition) is 3. The van der Waals surface area contributed by atoms with E-state index in [4.69, 9.17) is 9.84 Å². The van der Waals surface area contributed by atoms with Crippen LogP contribution in [0, 0.1) is 5.41 Å². The molecule has 0 aromatic carbocycles. The van der Waals surface area contributed by atoms with Gasteiger partial charge in [-0.25, -0.2) is 0 Å². The van der Waals surface area contributed by atoms with Crippen LogP contribution < -0.4 is 0 Å². The van der Waals surface area contributed by atoms with Gasteiger partial charge < -0.3 is 12.7 Å². The Bertz CT molecular complexity index is 208. The van der Waals surface area contributed by atoms with Crippen LogP contribution in [0.25, 0.3) is 0 Å². The molecule has 0 saturated heterocycles. The van der Waals surface area contributed by atoms with Crippen molar-refractivity contribution >= 4 is 35.0 Å². The summed E-state index contributed by atoms with van der Waals surface area (Å²) in [6.45, 7) is 5.23. The zero-order valence-electron chi connectivity index (χ0n) is 11.0. The summed E-state index contributed by atoms with van der Waals surface area (Å²) >= 11 is 0. The number of ether oxygens (including phenoxy) is 1. The maximum atomic E-state index is 11.4. The molecule has 0 aliphatic carbocycles. The van der Waals surface area contributed by atoms with Crippen molar-refractivity contribution in [1.29, 1.82) is 0 Å². The molecule has 0 unspecified atom stereocenters. The molecule has 0 saturated carbocycles. The van der Waals surface area contributed by atoms with E-state index < -0.39 is 17.4 Å². The number of carbonyl (C=O) groups excluding carboxylic acids is 1. The Morgan fingerprint density at radius 3 is 1.93 bits per heavy atom. The Kier molecular flexibility index (Phi) is 8.14. The van der Waals surface area contributed by atoms with Crippen molar-refractivity contribution in [2.45, 2.75) is 33.6 Å². The van der Waals surface area contributed by atoms with Crippen LogP contribution in [-0.4, -0.2) is 46.7 Å². The molecular formula is C9H18MgO4. The second kappa shape index (κ2) is 7.06. The summed E-state index contributed by atoms with van der Waals surface area (Å²) in [5, 5.41) is 8.92. The van der Waals surface area contributed by atoms with E-state index in [2.05, 4.69) is 0 Å². The molecule has 0 fully saturated rings. The molecule has 0 aromatic heterocycles. The van der Waals surface area contributed by atoms with E-state index in [0.29, 0.717) is 0 Å². The first kappa shape index (κ1) is 16.1. The van der Waals surface area contributed by atoms with Crippen molar-refractivity contribution in [2.24, 2.45) is 5.41 Å². The summed E-state index contributed by atoms with van der Waals surface area (Å²) in [5.74, 6) is -1.73. The van der Waals surface area contributed by atoms with Crippen LogP contribution in [0.1, 0.15) is 36.5 Å². The van der Waals surface area contributed by atoms with Crippen molar-refractivity contribution in [3.63, 3.8) is 0 Å². The molecule has 0 atom stereocenters. The normalized spacial score (nSPS) is 10.2. The molecule has 0 aliphatic rings. The summed E-state index contributed by atoms with van der Waals surface area (Å²) < 4.78 is 4.73. The molecule has 0 spiro atoms. The average Bonchev–Trinajstić information content (AvgIpc) is 2.07. The van der Waals surface area contributed by atoms with Gasteiger partial charge in [0.2, 0.25) is 0 Å². The zero-order valence-corrected chi connectivity index (χ0v) is 10.4. The SMILES string of the molecule is CCOC(=O)C(CC)(CC)C(=O)O.[H-].[H-].[Mg+2]. The minimum absolute atomic E-state index is 0. The second-order valence-electron chi connectivity index (χ2n) is 2.81. The third-order valence-electron chi connectivity index (χ3n) is 2.28. The maximum Gasteiger partial charge on any atom is 2.00 e. The molecular weight excluding hydrogens is 196 g/mol. The average molecular weight is 215 g/mol. The van der Waals surface area contributed by atoms with Gasteiger partial charge in [0.05, 0.1) is 6.61 Å². The van der Waals surface area contributed by atoms with E-state index >= 15 is 0 Å². The first-order chi connectivity index (χ1) is 6.05. The van der Waals surface area contributed by atoms with Crippen LogP contribution in [0.5, 0.6) is 0 Å². The van der Waals surface area contributed by atoms with Gasteiger partial charge in [-0.1, -0.05) is 13.8 Å². The van der Waals surface area contributed by atoms with Gasteiger partial charge in [-0.15, -0.1) is 0 Å². The molecule has 1 N–H and O–H groups in total. The van der Waals surface area contributed by atoms with Crippen LogP contribution in [-0.2, 0) is 14.3 Å². The van der Waals surface area contributed by atoms with Crippen molar-refractivity contribution in [3.8, 4) is 0 Å². The molecule has 0 aliphatic heterocycles. The Morgan fingerprint density at radius 2 is 1.71 bits per heavy atom. The third kappa shape index (κ3) is 3.13. The summed E-state index contributed by atoms with van der Waals surface area (Å²) in [7, 11) is 0. The van der Waals surface area contributed by atoms with E-state index in [1.807, 2.05) is 0 Å². The number of hydrogen-bond donors (Lipinski definition) is 1. The largest absolute Gasteiger partial charge is 2.00 e. The van der Waals surface area contributed by atoms with Crippen LogP contribution >= 0.6 is 0 Å². The van der Waals surface area contributed by atoms with E-state index in [0.717, 1.165) is 0 Å². The van der Waals surface area contributed by atoms with E-state index in [1.165, 1.54) is 0 Å². The fourth-order valence-corrected chi connectivity index (χ4v) is 1.20. The van der Waals surface area contributed by atoms with Crippen LogP contribution in [0.15, 0.2) is 0 Å². The Hall–Kier alpha value is -0.294. The zero-order chi connectivity index (χ0) is 10.5. The Balaban J connectivity index is -0.000000240. The second-order valence-corrected chi connectivity index (χ2v) is 2.81. The van der Waals surface area contributed by atoms with Crippen LogP contribution in [0.2, 0.25) is 0 Å². The standard InChI is InChI=1S/C9H16O4.Mg.2H/c1-4-9(5-2,7(10)11)8(12)13-6-3;;;/h4-6H2,1-3H3,(H,10,11);;;/q;+2;2*-1. The first-order valence-electron chi connectivity index (χ1n) is 4.45. The van der Waals surface area contributed by atoms with Crippen molar-refractivity contribution in [2.75, 3.05) is 6.61 Å². The summed E-state index contributed by atoms with van der Waals surface area (Å²) in [5.41, 5.74) is -1.35. The smallest absolute Gasteiger partial charge is 1.00 e. The fourth-order valence-electron chi connectivity index (χ4n) is 1.20. The molecule has 0 rings (SSSR count). The predicted octanol–water partition coefficient (Wildman–Crippen LogP) is 1.28. The van der Waals surface area contributed by atoms with Crippen LogP contribution in [0.3, 0.4) is 0 Å². The van der Waals surface area contributed by atoms with Gasteiger partial charge >= 0.3 is 35.0 Å². The molecule has 14 heavy (non-hydrogen) atoms. The molecule has 0 aromatic rings. The van der Waals surface area contributed by atoms with E-state index in [1.54, 1.807) is 20.8 Å². The van der Waals surface area contributed by atoms with Crippen molar-refractivity contribution in [1.82, 2.24) is 0 Å². The number of aliphatic carboxylic acids is 1. The minimum atomic E-state index is -1.35. The van der Waals surface area contributed by atoms with Gasteiger partial charge in [0, 0.05) is 0 Å².